The Hall–Kier alpha value is -1.62. The number of hydrogen-bond donors (Lipinski definition) is 0. The first-order valence-electron chi connectivity index (χ1n) is 11.9. The molecule has 0 atom stereocenters. The molecule has 0 spiro atoms. The number of benzene rings is 2. The van der Waals surface area contributed by atoms with Gasteiger partial charge in [-0.05, 0) is 0 Å². The van der Waals surface area contributed by atoms with Gasteiger partial charge in [-0.15, -0.1) is 0 Å². The molecule has 0 heterocycles. The van der Waals surface area contributed by atoms with Crippen molar-refractivity contribution < 1.29 is 7.86 Å². The Bertz CT molecular complexity index is 848. The van der Waals surface area contributed by atoms with Crippen LogP contribution in [0.5, 0.6) is 0 Å². The molecule has 174 valence electrons. The molecular weight excluding hydrogens is 507 g/mol. The van der Waals surface area contributed by atoms with Crippen LogP contribution in [-0.4, -0.2) is 5.97 Å². The second-order valence-corrected chi connectivity index (χ2v) is 15.3. The average Bonchev–Trinajstić information content (AvgIpc) is 2.76. The number of halogens is 1. The maximum atomic E-state index is 12.8. The molecule has 0 saturated heterocycles. The third kappa shape index (κ3) is 6.94. The van der Waals surface area contributed by atoms with Crippen LogP contribution in [0, 0.1) is 13.1 Å². The van der Waals surface area contributed by atoms with Gasteiger partial charge in [0.25, 0.3) is 0 Å². The summed E-state index contributed by atoms with van der Waals surface area (Å²) in [7, 11) is 0. The van der Waals surface area contributed by atoms with E-state index in [0.29, 0.717) is 5.92 Å². The Morgan fingerprint density at radius 2 is 1.22 bits per heavy atom. The SMILES string of the molecule is CC(C)(C)c1ccc(I(OC(=O)/C=C/C2CCCCC2)c2ccc(C(C)(C)C)cc2)cc1. The van der Waals surface area contributed by atoms with Crippen LogP contribution >= 0.6 is 20.2 Å². The van der Waals surface area contributed by atoms with Gasteiger partial charge in [0.2, 0.25) is 0 Å². The van der Waals surface area contributed by atoms with Gasteiger partial charge < -0.3 is 0 Å². The first-order chi connectivity index (χ1) is 15.0. The topological polar surface area (TPSA) is 26.3 Å². The van der Waals surface area contributed by atoms with Crippen molar-refractivity contribution in [1.29, 1.82) is 0 Å². The number of allylic oxidation sites excluding steroid dienone is 1. The van der Waals surface area contributed by atoms with Crippen LogP contribution < -0.4 is 0 Å². The molecule has 32 heavy (non-hydrogen) atoms. The molecule has 1 aliphatic rings. The Balaban J connectivity index is 1.85. The standard InChI is InChI=1S/C29H39IO2/c1-28(2,3)23-13-17-25(18-14-23)30(26-19-15-24(16-20-26)29(4,5)6)32-27(31)21-12-22-10-8-7-9-11-22/h12-22H,7-11H2,1-6H3/b21-12+. The predicted octanol–water partition coefficient (Wildman–Crippen LogP) is 8.42. The van der Waals surface area contributed by atoms with Crippen molar-refractivity contribution in [3.05, 3.63) is 79.0 Å². The average molecular weight is 547 g/mol. The molecule has 0 radical (unpaired) electrons. The van der Waals surface area contributed by atoms with Gasteiger partial charge in [0, 0.05) is 0 Å². The fourth-order valence-electron chi connectivity index (χ4n) is 3.99. The van der Waals surface area contributed by atoms with Crippen LogP contribution in [0.1, 0.15) is 84.8 Å². The first-order valence-corrected chi connectivity index (χ1v) is 14.9. The molecule has 3 rings (SSSR count). The summed E-state index contributed by atoms with van der Waals surface area (Å²) in [5, 5.41) is 0. The summed E-state index contributed by atoms with van der Waals surface area (Å²) in [6.07, 6.45) is 10.0. The third-order valence-corrected chi connectivity index (χ3v) is 10.7. The fraction of sp³-hybridized carbons (Fsp3) is 0.483. The fourth-order valence-corrected chi connectivity index (χ4v) is 7.82. The summed E-state index contributed by atoms with van der Waals surface area (Å²) in [5.74, 6) is 0.330. The maximum absolute atomic E-state index is 12.8. The zero-order valence-corrected chi connectivity index (χ0v) is 22.7. The summed E-state index contributed by atoms with van der Waals surface area (Å²) in [6.45, 7) is 13.3. The second kappa shape index (κ2) is 10.5. The monoisotopic (exact) mass is 546 g/mol. The van der Waals surface area contributed by atoms with Crippen LogP contribution in [-0.2, 0) is 18.7 Å². The van der Waals surface area contributed by atoms with E-state index in [0.717, 1.165) is 7.14 Å². The molecule has 0 aromatic heterocycles. The molecule has 0 bridgehead atoms. The number of rotatable bonds is 5. The minimum atomic E-state index is -2.35. The van der Waals surface area contributed by atoms with E-state index in [1.54, 1.807) is 6.08 Å². The molecule has 2 aromatic rings. The van der Waals surface area contributed by atoms with E-state index in [4.69, 9.17) is 3.07 Å². The van der Waals surface area contributed by atoms with Gasteiger partial charge in [-0.2, -0.15) is 0 Å². The van der Waals surface area contributed by atoms with Crippen LogP contribution in [0.4, 0.5) is 0 Å². The van der Waals surface area contributed by atoms with Gasteiger partial charge in [0.05, 0.1) is 0 Å². The predicted molar refractivity (Wildman–Crippen MR) is 144 cm³/mol. The van der Waals surface area contributed by atoms with E-state index >= 15 is 0 Å². The molecule has 1 aliphatic carbocycles. The van der Waals surface area contributed by atoms with E-state index in [1.807, 2.05) is 0 Å². The third-order valence-electron chi connectivity index (χ3n) is 6.12. The van der Waals surface area contributed by atoms with E-state index in [9.17, 15) is 4.79 Å². The zero-order valence-electron chi connectivity index (χ0n) is 20.6. The zero-order chi connectivity index (χ0) is 23.4. The van der Waals surface area contributed by atoms with Crippen molar-refractivity contribution in [3.8, 4) is 0 Å². The van der Waals surface area contributed by atoms with Crippen molar-refractivity contribution in [2.75, 3.05) is 0 Å². The number of carbonyl (C=O) groups excluding carboxylic acids is 1. The van der Waals surface area contributed by atoms with Crippen LogP contribution in [0.15, 0.2) is 60.7 Å². The number of hydrogen-bond acceptors (Lipinski definition) is 2. The molecular formula is C29H39IO2. The Labute approximate surface area is 202 Å². The van der Waals surface area contributed by atoms with Crippen LogP contribution in [0.3, 0.4) is 0 Å². The molecule has 0 aliphatic heterocycles. The van der Waals surface area contributed by atoms with E-state index in [2.05, 4.69) is 96.1 Å². The minimum absolute atomic E-state index is 0.103. The van der Waals surface area contributed by atoms with E-state index in [-0.39, 0.29) is 16.8 Å². The Morgan fingerprint density at radius 1 is 0.781 bits per heavy atom. The molecule has 0 unspecified atom stereocenters. The molecule has 0 amide bonds. The molecule has 1 saturated carbocycles. The Kier molecular flexibility index (Phi) is 8.24. The summed E-state index contributed by atoms with van der Waals surface area (Å²) < 4.78 is 8.51. The van der Waals surface area contributed by atoms with E-state index in [1.165, 1.54) is 43.2 Å². The van der Waals surface area contributed by atoms with Gasteiger partial charge in [-0.3, -0.25) is 0 Å². The van der Waals surface area contributed by atoms with Gasteiger partial charge >= 0.3 is 203 Å². The Morgan fingerprint density at radius 3 is 1.62 bits per heavy atom. The van der Waals surface area contributed by atoms with Crippen LogP contribution in [0.25, 0.3) is 0 Å². The van der Waals surface area contributed by atoms with Gasteiger partial charge in [0.15, 0.2) is 0 Å². The normalized spacial score (nSPS) is 16.2. The summed E-state index contributed by atoms with van der Waals surface area (Å²) >= 11 is -2.35. The van der Waals surface area contributed by atoms with Crippen molar-refractivity contribution >= 4 is 26.2 Å². The first kappa shape index (κ1) is 25.0. The van der Waals surface area contributed by atoms with Crippen molar-refractivity contribution in [2.45, 2.75) is 84.5 Å². The van der Waals surface area contributed by atoms with Crippen molar-refractivity contribution in [1.82, 2.24) is 0 Å². The van der Waals surface area contributed by atoms with Gasteiger partial charge in [-0.25, -0.2) is 0 Å². The second-order valence-electron chi connectivity index (χ2n) is 10.9. The molecule has 1 fully saturated rings. The molecule has 2 aromatic carbocycles. The van der Waals surface area contributed by atoms with Crippen molar-refractivity contribution in [2.24, 2.45) is 5.92 Å². The van der Waals surface area contributed by atoms with Crippen LogP contribution in [0.2, 0.25) is 0 Å². The molecule has 0 N–H and O–H groups in total. The van der Waals surface area contributed by atoms with E-state index < -0.39 is 20.2 Å². The van der Waals surface area contributed by atoms with Gasteiger partial charge in [0.1, 0.15) is 0 Å². The summed E-state index contributed by atoms with van der Waals surface area (Å²) in [6, 6.07) is 17.4. The summed E-state index contributed by atoms with van der Waals surface area (Å²) in [5.41, 5.74) is 2.80. The summed E-state index contributed by atoms with van der Waals surface area (Å²) in [4.78, 5) is 12.8. The van der Waals surface area contributed by atoms with Crippen molar-refractivity contribution in [3.63, 3.8) is 0 Å². The number of carbonyl (C=O) groups is 1. The molecule has 2 nitrogen and oxygen atoms in total. The quantitative estimate of drug-likeness (QED) is 0.278. The van der Waals surface area contributed by atoms with Gasteiger partial charge in [-0.1, -0.05) is 0 Å². The molecule has 3 heteroatoms.